The number of halogens is 2. The monoisotopic (exact) mass is 378 g/mol. The number of nitrogens with zero attached hydrogens (tertiary/aromatic N) is 1. The second-order valence-corrected chi connectivity index (χ2v) is 6.05. The SMILES string of the molecule is O=C(Nc1cc(N2CCOCC2)ccc1F)c1ccccc1Br. The van der Waals surface area contributed by atoms with Crippen LogP contribution < -0.4 is 10.2 Å². The number of nitrogens with one attached hydrogen (secondary N) is 1. The summed E-state index contributed by atoms with van der Waals surface area (Å²) in [5.41, 5.74) is 1.51. The summed E-state index contributed by atoms with van der Waals surface area (Å²) in [6, 6.07) is 11.8. The molecule has 1 fully saturated rings. The first kappa shape index (κ1) is 16.0. The fraction of sp³-hybridized carbons (Fsp3) is 0.235. The highest BCUT2D eigenvalue weighted by atomic mass is 79.9. The van der Waals surface area contributed by atoms with Crippen LogP contribution in [0.4, 0.5) is 15.8 Å². The van der Waals surface area contributed by atoms with Gasteiger partial charge in [-0.1, -0.05) is 12.1 Å². The minimum absolute atomic E-state index is 0.176. The average molecular weight is 379 g/mol. The zero-order chi connectivity index (χ0) is 16.2. The van der Waals surface area contributed by atoms with Gasteiger partial charge in [0.2, 0.25) is 0 Å². The summed E-state index contributed by atoms with van der Waals surface area (Å²) in [6.07, 6.45) is 0. The summed E-state index contributed by atoms with van der Waals surface area (Å²) >= 11 is 3.33. The first-order chi connectivity index (χ1) is 11.1. The van der Waals surface area contributed by atoms with Crippen LogP contribution in [0.25, 0.3) is 0 Å². The molecule has 6 heteroatoms. The van der Waals surface area contributed by atoms with Gasteiger partial charge >= 0.3 is 0 Å². The maximum Gasteiger partial charge on any atom is 0.256 e. The molecule has 0 atom stereocenters. The van der Waals surface area contributed by atoms with Crippen LogP contribution in [0.5, 0.6) is 0 Å². The van der Waals surface area contributed by atoms with E-state index >= 15 is 0 Å². The van der Waals surface area contributed by atoms with E-state index in [9.17, 15) is 9.18 Å². The Hall–Kier alpha value is -1.92. The molecule has 0 saturated carbocycles. The highest BCUT2D eigenvalue weighted by molar-refractivity contribution is 9.10. The summed E-state index contributed by atoms with van der Waals surface area (Å²) in [6.45, 7) is 2.80. The summed E-state index contributed by atoms with van der Waals surface area (Å²) < 4.78 is 20.0. The quantitative estimate of drug-likeness (QED) is 0.885. The Morgan fingerprint density at radius 1 is 1.17 bits per heavy atom. The van der Waals surface area contributed by atoms with E-state index in [1.165, 1.54) is 6.07 Å². The molecule has 1 amide bonds. The molecule has 23 heavy (non-hydrogen) atoms. The van der Waals surface area contributed by atoms with Gasteiger partial charge in [-0.15, -0.1) is 0 Å². The van der Waals surface area contributed by atoms with Crippen molar-refractivity contribution in [2.24, 2.45) is 0 Å². The molecule has 0 unspecified atom stereocenters. The number of rotatable bonds is 3. The molecule has 0 spiro atoms. The normalized spacial score (nSPS) is 14.6. The number of ether oxygens (including phenoxy) is 1. The van der Waals surface area contributed by atoms with E-state index in [1.54, 1.807) is 30.3 Å². The maximum atomic E-state index is 14.0. The second kappa shape index (κ2) is 7.10. The highest BCUT2D eigenvalue weighted by Gasteiger charge is 2.16. The lowest BCUT2D eigenvalue weighted by Gasteiger charge is -2.29. The summed E-state index contributed by atoms with van der Waals surface area (Å²) in [5.74, 6) is -0.807. The molecule has 0 aromatic heterocycles. The third-order valence-electron chi connectivity index (χ3n) is 3.69. The Morgan fingerprint density at radius 3 is 2.65 bits per heavy atom. The van der Waals surface area contributed by atoms with Gasteiger partial charge in [0.25, 0.3) is 5.91 Å². The lowest BCUT2D eigenvalue weighted by Crippen LogP contribution is -2.36. The number of carbonyl (C=O) groups excluding carboxylic acids is 1. The molecule has 4 nitrogen and oxygen atoms in total. The van der Waals surface area contributed by atoms with E-state index in [2.05, 4.69) is 26.1 Å². The van der Waals surface area contributed by atoms with Crippen LogP contribution in [-0.4, -0.2) is 32.2 Å². The predicted octanol–water partition coefficient (Wildman–Crippen LogP) is 3.68. The van der Waals surface area contributed by atoms with Crippen LogP contribution in [0.15, 0.2) is 46.9 Å². The molecule has 1 heterocycles. The Labute approximate surface area is 142 Å². The number of anilines is 2. The smallest absolute Gasteiger partial charge is 0.256 e. The number of carbonyl (C=O) groups is 1. The van der Waals surface area contributed by atoms with Crippen molar-refractivity contribution in [1.29, 1.82) is 0 Å². The van der Waals surface area contributed by atoms with Gasteiger partial charge in [-0.05, 0) is 46.3 Å². The summed E-state index contributed by atoms with van der Waals surface area (Å²) in [5, 5.41) is 2.64. The number of morpholine rings is 1. The summed E-state index contributed by atoms with van der Waals surface area (Å²) in [4.78, 5) is 14.4. The number of hydrogen-bond donors (Lipinski definition) is 1. The Morgan fingerprint density at radius 2 is 1.91 bits per heavy atom. The van der Waals surface area contributed by atoms with Crippen molar-refractivity contribution in [2.75, 3.05) is 36.5 Å². The lowest BCUT2D eigenvalue weighted by molar-refractivity contribution is 0.102. The molecular weight excluding hydrogens is 363 g/mol. The molecule has 1 aliphatic rings. The Bertz CT molecular complexity index is 717. The van der Waals surface area contributed by atoms with Gasteiger partial charge in [-0.3, -0.25) is 4.79 Å². The van der Waals surface area contributed by atoms with Gasteiger partial charge in [0.05, 0.1) is 24.5 Å². The van der Waals surface area contributed by atoms with Gasteiger partial charge in [-0.25, -0.2) is 4.39 Å². The topological polar surface area (TPSA) is 41.6 Å². The molecule has 0 aliphatic carbocycles. The van der Waals surface area contributed by atoms with Gasteiger partial charge in [-0.2, -0.15) is 0 Å². The van der Waals surface area contributed by atoms with Gasteiger partial charge in [0, 0.05) is 23.2 Å². The molecule has 2 aromatic rings. The minimum Gasteiger partial charge on any atom is -0.378 e. The standard InChI is InChI=1S/C17H16BrFN2O2/c18-14-4-2-1-3-13(14)17(22)20-16-11-12(5-6-15(16)19)21-7-9-23-10-8-21/h1-6,11H,7-10H2,(H,20,22). The number of benzene rings is 2. The maximum absolute atomic E-state index is 14.0. The van der Waals surface area contributed by atoms with E-state index in [0.29, 0.717) is 23.2 Å². The molecule has 0 radical (unpaired) electrons. The number of hydrogen-bond acceptors (Lipinski definition) is 3. The van der Waals surface area contributed by atoms with Crippen molar-refractivity contribution in [3.63, 3.8) is 0 Å². The minimum atomic E-state index is -0.456. The van der Waals surface area contributed by atoms with Gasteiger partial charge in [0.1, 0.15) is 5.82 Å². The van der Waals surface area contributed by atoms with E-state index in [-0.39, 0.29) is 11.6 Å². The van der Waals surface area contributed by atoms with Crippen LogP contribution in [0, 0.1) is 5.82 Å². The van der Waals surface area contributed by atoms with Crippen molar-refractivity contribution in [1.82, 2.24) is 0 Å². The third-order valence-corrected chi connectivity index (χ3v) is 4.38. The molecule has 120 valence electrons. The highest BCUT2D eigenvalue weighted by Crippen LogP contribution is 2.25. The predicted molar refractivity (Wildman–Crippen MR) is 91.5 cm³/mol. The molecule has 0 bridgehead atoms. The van der Waals surface area contributed by atoms with E-state index in [1.807, 2.05) is 6.07 Å². The van der Waals surface area contributed by atoms with Crippen LogP contribution in [-0.2, 0) is 4.74 Å². The number of amides is 1. The first-order valence-corrected chi connectivity index (χ1v) is 8.12. The van der Waals surface area contributed by atoms with Crippen molar-refractivity contribution in [2.45, 2.75) is 0 Å². The fourth-order valence-electron chi connectivity index (χ4n) is 2.46. The largest absolute Gasteiger partial charge is 0.378 e. The first-order valence-electron chi connectivity index (χ1n) is 7.33. The zero-order valence-electron chi connectivity index (χ0n) is 12.4. The van der Waals surface area contributed by atoms with Crippen LogP contribution in [0.2, 0.25) is 0 Å². The van der Waals surface area contributed by atoms with Crippen molar-refractivity contribution < 1.29 is 13.9 Å². The Kier molecular flexibility index (Phi) is 4.93. The second-order valence-electron chi connectivity index (χ2n) is 5.20. The molecule has 1 saturated heterocycles. The molecular formula is C17H16BrFN2O2. The van der Waals surface area contributed by atoms with Crippen LogP contribution in [0.1, 0.15) is 10.4 Å². The van der Waals surface area contributed by atoms with Crippen LogP contribution >= 0.6 is 15.9 Å². The van der Waals surface area contributed by atoms with E-state index < -0.39 is 5.82 Å². The fourth-order valence-corrected chi connectivity index (χ4v) is 2.93. The van der Waals surface area contributed by atoms with E-state index in [0.717, 1.165) is 18.8 Å². The molecule has 1 aliphatic heterocycles. The van der Waals surface area contributed by atoms with Gasteiger partial charge in [0.15, 0.2) is 0 Å². The lowest BCUT2D eigenvalue weighted by atomic mass is 10.2. The van der Waals surface area contributed by atoms with E-state index in [4.69, 9.17) is 4.74 Å². The van der Waals surface area contributed by atoms with Crippen LogP contribution in [0.3, 0.4) is 0 Å². The van der Waals surface area contributed by atoms with Crippen molar-refractivity contribution in [3.05, 3.63) is 58.3 Å². The average Bonchev–Trinajstić information content (AvgIpc) is 2.58. The van der Waals surface area contributed by atoms with Gasteiger partial charge < -0.3 is 15.0 Å². The molecule has 3 rings (SSSR count). The molecule has 1 N–H and O–H groups in total. The summed E-state index contributed by atoms with van der Waals surface area (Å²) in [7, 11) is 0. The molecule has 2 aromatic carbocycles. The van der Waals surface area contributed by atoms with Crippen molar-refractivity contribution >= 4 is 33.2 Å². The Balaban J connectivity index is 1.82. The third kappa shape index (κ3) is 3.71. The zero-order valence-corrected chi connectivity index (χ0v) is 14.0. The van der Waals surface area contributed by atoms with Crippen molar-refractivity contribution in [3.8, 4) is 0 Å².